The van der Waals surface area contributed by atoms with Gasteiger partial charge in [0.05, 0.1) is 0 Å². The van der Waals surface area contributed by atoms with Crippen LogP contribution in [0.2, 0.25) is 0 Å². The molecule has 0 saturated heterocycles. The molecule has 3 heteroatoms. The number of aliphatic hydroxyl groups is 1. The van der Waals surface area contributed by atoms with Gasteiger partial charge in [0.15, 0.2) is 0 Å². The molecule has 0 aromatic carbocycles. The lowest BCUT2D eigenvalue weighted by Crippen LogP contribution is -3.00. The van der Waals surface area contributed by atoms with E-state index in [1.807, 2.05) is 0 Å². The third-order valence-electron chi connectivity index (χ3n) is 1.50. The van der Waals surface area contributed by atoms with Gasteiger partial charge >= 0.3 is 0 Å². The second kappa shape index (κ2) is 13.6. The van der Waals surface area contributed by atoms with Gasteiger partial charge in [-0.3, -0.25) is 0 Å². The summed E-state index contributed by atoms with van der Waals surface area (Å²) in [5.74, 6) is 0. The molecule has 120 valence electrons. The van der Waals surface area contributed by atoms with Gasteiger partial charge in [-0.05, 0) is 65.1 Å². The molecule has 2 nitrogen and oxygen atoms in total. The van der Waals surface area contributed by atoms with Gasteiger partial charge in [0, 0.05) is 24.6 Å². The highest BCUT2D eigenvalue weighted by Gasteiger charge is 2.06. The molecule has 0 heterocycles. The summed E-state index contributed by atoms with van der Waals surface area (Å²) < 4.78 is 0. The van der Waals surface area contributed by atoms with Crippen molar-refractivity contribution in [1.82, 2.24) is 0 Å². The second-order valence-corrected chi connectivity index (χ2v) is 3.08. The van der Waals surface area contributed by atoms with E-state index in [0.717, 1.165) is 0 Å². The number of quaternary nitrogens is 1. The Morgan fingerprint density at radius 3 is 1.84 bits per heavy atom. The number of rotatable bonds is 2. The third kappa shape index (κ3) is 13.5. The molecule has 0 radical (unpaired) electrons. The maximum atomic E-state index is 9.33. The topological polar surface area (TPSA) is 47.9 Å². The fraction of sp³-hybridized carbons (Fsp3) is 0.188. The van der Waals surface area contributed by atoms with Crippen LogP contribution in [-0.4, -0.2) is 17.3 Å². The monoisotopic (exact) mass is 295 g/mol. The maximum Gasteiger partial charge on any atom is 0.131 e. The molecule has 0 aliphatic heterocycles. The molecular weight excluding hydrogens is 258 g/mol. The first-order chi connectivity index (χ1) is 8.68. The summed E-state index contributed by atoms with van der Waals surface area (Å²) in [6.45, 7) is 5.09. The predicted molar refractivity (Wildman–Crippen MR) is 94.7 cm³/mol. The van der Waals surface area contributed by atoms with Crippen molar-refractivity contribution in [3.05, 3.63) is 75.7 Å². The summed E-state index contributed by atoms with van der Waals surface area (Å²) in [7, 11) is 0. The summed E-state index contributed by atoms with van der Waals surface area (Å²) in [5.41, 5.74) is 31.0. The van der Waals surface area contributed by atoms with E-state index in [2.05, 4.69) is 75.4 Å². The van der Waals surface area contributed by atoms with Crippen LogP contribution in [0.1, 0.15) is 25.5 Å². The summed E-state index contributed by atoms with van der Waals surface area (Å²) >= 11 is 0. The highest BCUT2D eigenvalue weighted by Crippen LogP contribution is 1.86. The Kier molecular flexibility index (Phi) is 13.5. The van der Waals surface area contributed by atoms with Crippen molar-refractivity contribution < 1.29 is 41.8 Å². The molecule has 0 fully saturated rings. The predicted octanol–water partition coefficient (Wildman–Crippen LogP) is 1.07. The Balaban J connectivity index is -0.0000000159. The lowest BCUT2D eigenvalue weighted by molar-refractivity contribution is -0.427. The molecule has 4 N–H and O–H groups in total. The molecule has 0 rings (SSSR count). The molecule has 0 unspecified atom stereocenters. The van der Waals surface area contributed by atoms with E-state index in [9.17, 15) is 5.11 Å². The first-order valence-electron chi connectivity index (χ1n) is 5.05. The summed E-state index contributed by atoms with van der Waals surface area (Å²) in [4.78, 5) is 0. The van der Waals surface area contributed by atoms with Crippen LogP contribution in [-0.2, 0) is 0 Å². The van der Waals surface area contributed by atoms with Gasteiger partial charge in [-0.15, -0.1) is 0 Å². The number of hydrogen-bond donors (Lipinski definition) is 2. The van der Waals surface area contributed by atoms with Crippen LogP contribution in [0.5, 0.6) is 0 Å². The molecular formula is C16H38ClNO. The molecule has 19 heavy (non-hydrogen) atoms. The van der Waals surface area contributed by atoms with Gasteiger partial charge in [0.2, 0.25) is 0 Å². The standard InChI is InChI=1S/C16H11NO.ClH.13H2/c1-3-4-5-6-7-8-9-10-11-12-13-14-16(18)15(2)17;;;;;;;;;;;;;;/h14-16,18H,1,17H2,2H3;14*1H/t15-,16-;;;;;;;;;;;;;;/m0............../s1. The van der Waals surface area contributed by atoms with E-state index in [4.69, 9.17) is 0 Å². The van der Waals surface area contributed by atoms with Gasteiger partial charge in [0.1, 0.15) is 12.1 Å². The van der Waals surface area contributed by atoms with Crippen molar-refractivity contribution in [2.24, 2.45) is 0 Å². The highest BCUT2D eigenvalue weighted by molar-refractivity contribution is 4.94. The highest BCUT2D eigenvalue weighted by atomic mass is 35.5. The van der Waals surface area contributed by atoms with Gasteiger partial charge in [-0.1, -0.05) is 11.5 Å². The molecule has 0 saturated carbocycles. The van der Waals surface area contributed by atoms with Gasteiger partial charge < -0.3 is 23.2 Å². The van der Waals surface area contributed by atoms with Crippen LogP contribution in [0, 0.1) is 0 Å². The minimum Gasteiger partial charge on any atom is -1.00 e. The molecule has 0 bridgehead atoms. The van der Waals surface area contributed by atoms with Crippen molar-refractivity contribution in [2.45, 2.75) is 19.1 Å². The van der Waals surface area contributed by atoms with E-state index in [1.54, 1.807) is 6.92 Å². The number of hydrogen-bond acceptors (Lipinski definition) is 1. The molecule has 0 aliphatic carbocycles. The van der Waals surface area contributed by atoms with Crippen LogP contribution in [0.4, 0.5) is 0 Å². The summed E-state index contributed by atoms with van der Waals surface area (Å²) in [6.07, 6.45) is 0.803. The van der Waals surface area contributed by atoms with Gasteiger partial charge in [-0.25, -0.2) is 0 Å². The summed E-state index contributed by atoms with van der Waals surface area (Å²) in [6, 6.07) is -0.101. The van der Waals surface area contributed by atoms with E-state index < -0.39 is 6.10 Å². The van der Waals surface area contributed by atoms with Crippen LogP contribution < -0.4 is 18.1 Å². The maximum absolute atomic E-state index is 9.33. The van der Waals surface area contributed by atoms with Crippen LogP contribution >= 0.6 is 0 Å². The second-order valence-electron chi connectivity index (χ2n) is 3.08. The number of aliphatic hydroxyl groups excluding tert-OH is 1. The van der Waals surface area contributed by atoms with Crippen LogP contribution in [0.25, 0.3) is 0 Å². The molecule has 0 aromatic heterocycles. The van der Waals surface area contributed by atoms with Crippen molar-refractivity contribution in [1.29, 1.82) is 0 Å². The average molecular weight is 296 g/mol. The zero-order chi connectivity index (χ0) is 13.6. The van der Waals surface area contributed by atoms with Crippen molar-refractivity contribution >= 4 is 0 Å². The number of halogens is 1. The van der Waals surface area contributed by atoms with Crippen molar-refractivity contribution in [3.8, 4) is 0 Å². The van der Waals surface area contributed by atoms with Crippen molar-refractivity contribution in [3.63, 3.8) is 0 Å². The first-order valence-corrected chi connectivity index (χ1v) is 5.05. The fourth-order valence-corrected chi connectivity index (χ4v) is 0.590. The quantitative estimate of drug-likeness (QED) is 0.736. The molecule has 0 amide bonds. The lowest BCUT2D eigenvalue weighted by atomic mass is 10.2. The van der Waals surface area contributed by atoms with Gasteiger partial charge in [0.25, 0.3) is 0 Å². The molecule has 0 spiro atoms. The van der Waals surface area contributed by atoms with Gasteiger partial charge in [-0.2, -0.15) is 0 Å². The van der Waals surface area contributed by atoms with E-state index in [0.29, 0.717) is 0 Å². The molecule has 0 aromatic rings. The Morgan fingerprint density at radius 1 is 1.00 bits per heavy atom. The minimum absolute atomic E-state index is 0. The van der Waals surface area contributed by atoms with Crippen LogP contribution in [0.3, 0.4) is 0 Å². The molecule has 2 atom stereocenters. The van der Waals surface area contributed by atoms with E-state index >= 15 is 0 Å². The fourth-order valence-electron chi connectivity index (χ4n) is 0.590. The Morgan fingerprint density at radius 2 is 1.42 bits per heavy atom. The normalized spacial score (nSPS) is 9.00. The van der Waals surface area contributed by atoms with Crippen LogP contribution in [0.15, 0.2) is 75.7 Å². The van der Waals surface area contributed by atoms with E-state index in [1.165, 1.54) is 6.08 Å². The smallest absolute Gasteiger partial charge is 0.131 e. The van der Waals surface area contributed by atoms with Crippen molar-refractivity contribution in [2.75, 3.05) is 0 Å². The Hall–Kier alpha value is -2.47. The Bertz CT molecular complexity index is 724. The summed E-state index contributed by atoms with van der Waals surface area (Å²) in [5, 5.41) is 9.33. The third-order valence-corrected chi connectivity index (χ3v) is 1.50. The zero-order valence-corrected chi connectivity index (χ0v) is 11.2. The van der Waals surface area contributed by atoms with E-state index in [-0.39, 0.29) is 37.0 Å². The largest absolute Gasteiger partial charge is 1.00 e. The SMILES string of the molecule is C=C=C=C=C=C=C=C=C=C=C=C=C[C@H](O)[C@H](C)[NH3+].[Cl-].[HH].[HH].[HH].[HH].[HH].[HH].[HH].[HH].[HH].[HH].[HH].[HH].[HH]. The molecule has 0 aliphatic rings. The Labute approximate surface area is 138 Å². The first kappa shape index (κ1) is 18.9. The minimum atomic E-state index is -0.642. The average Bonchev–Trinajstić information content (AvgIpc) is 2.35. The lowest BCUT2D eigenvalue weighted by Gasteiger charge is -2.02. The zero-order valence-electron chi connectivity index (χ0n) is 10.5.